The molecule has 21 heavy (non-hydrogen) atoms. The maximum atomic E-state index is 11.7. The monoisotopic (exact) mass is 471 g/mol. The molecule has 0 atom stereocenters. The molecule has 0 amide bonds. The first-order chi connectivity index (χ1) is 10.1. The first-order valence-electron chi connectivity index (χ1n) is 6.43. The Hall–Kier alpha value is -1.32. The summed E-state index contributed by atoms with van der Waals surface area (Å²) >= 11 is 2.86. The average molecular weight is 471 g/mol. The molecule has 4 nitrogen and oxygen atoms in total. The van der Waals surface area contributed by atoms with E-state index >= 15 is 0 Å². The van der Waals surface area contributed by atoms with Crippen molar-refractivity contribution in [2.24, 2.45) is 0 Å². The Bertz CT molecular complexity index is 700. The van der Waals surface area contributed by atoms with Gasteiger partial charge in [0.05, 0.1) is 0 Å². The van der Waals surface area contributed by atoms with Crippen LogP contribution in [0.25, 0.3) is 17.3 Å². The Kier molecular flexibility index (Phi) is 5.43. The number of rotatable bonds is 5. The molecule has 0 aromatic carbocycles. The van der Waals surface area contributed by atoms with Gasteiger partial charge >= 0.3 is 139 Å². The zero-order valence-electron chi connectivity index (χ0n) is 12.0. The van der Waals surface area contributed by atoms with E-state index in [1.807, 2.05) is 19.1 Å². The van der Waals surface area contributed by atoms with Crippen LogP contribution < -0.4 is 4.98 Å². The molecule has 0 N–H and O–H groups in total. The summed E-state index contributed by atoms with van der Waals surface area (Å²) < 4.78 is 6.87. The molecular weight excluding hydrogens is 456 g/mol. The summed E-state index contributed by atoms with van der Waals surface area (Å²) in [7, 11) is 1.39. The number of aromatic nitrogens is 2. The topological polar surface area (TPSA) is 53.3 Å². The number of aryl methyl sites for hydroxylation is 1. The van der Waals surface area contributed by atoms with Gasteiger partial charge in [-0.15, -0.1) is 0 Å². The molecule has 2 aromatic rings. The second kappa shape index (κ2) is 7.10. The third-order valence-corrected chi connectivity index (χ3v) is 5.48. The normalized spacial score (nSPS) is 11.5. The van der Waals surface area contributed by atoms with Crippen LogP contribution in [0.15, 0.2) is 17.8 Å². The molecule has 2 heterocycles. The molecule has 0 spiro atoms. The van der Waals surface area contributed by atoms with Gasteiger partial charge in [0.15, 0.2) is 0 Å². The van der Waals surface area contributed by atoms with Crippen molar-refractivity contribution >= 4 is 27.8 Å². The molecule has 6 heteroatoms. The Morgan fingerprint density at radius 3 is 2.95 bits per heavy atom. The third-order valence-electron chi connectivity index (χ3n) is 2.89. The van der Waals surface area contributed by atoms with E-state index in [-0.39, 0.29) is 5.97 Å². The van der Waals surface area contributed by atoms with E-state index in [1.165, 1.54) is 37.8 Å². The van der Waals surface area contributed by atoms with Crippen LogP contribution in [0.2, 0.25) is 0 Å². The van der Waals surface area contributed by atoms with E-state index in [4.69, 9.17) is 4.74 Å². The molecule has 0 saturated heterocycles. The van der Waals surface area contributed by atoms with Crippen LogP contribution in [0.1, 0.15) is 34.2 Å². The molecule has 0 unspecified atom stereocenters. The van der Waals surface area contributed by atoms with E-state index < -0.39 is 0 Å². The second-order valence-corrected chi connectivity index (χ2v) is 6.40. The zero-order chi connectivity index (χ0) is 15.4. The number of imidazole rings is 1. The van der Waals surface area contributed by atoms with Crippen molar-refractivity contribution in [2.75, 3.05) is 7.11 Å². The standard InChI is InChI=1S/C15H15N2O2S.W/c1-5-12-10(7-13(20-12)15(18)19-4)11-8-16-14(17-11)6-9(2)3;/h2,6-8H,5H2,1,3-4H3;/q-1;/b9-6+;. The van der Waals surface area contributed by atoms with Gasteiger partial charge in [-0.1, -0.05) is 0 Å². The predicted octanol–water partition coefficient (Wildman–Crippen LogP) is 2.87. The fourth-order valence-electron chi connectivity index (χ4n) is 1.85. The SMILES string of the molecule is CCc1sc(C(=O)OC)cc1-c1cnc(/C=C(/C)[CH]=[W])[n-]1. The number of hydrogen-bond acceptors (Lipinski definition) is 4. The summed E-state index contributed by atoms with van der Waals surface area (Å²) in [5.41, 5.74) is 2.93. The molecule has 110 valence electrons. The molecule has 0 aliphatic carbocycles. The van der Waals surface area contributed by atoms with Gasteiger partial charge in [0.2, 0.25) is 0 Å². The Morgan fingerprint density at radius 1 is 1.57 bits per heavy atom. The number of hydrogen-bond donors (Lipinski definition) is 0. The summed E-state index contributed by atoms with van der Waals surface area (Å²) in [6.45, 7) is 4.09. The number of nitrogens with zero attached hydrogens (tertiary/aromatic N) is 2. The van der Waals surface area contributed by atoms with Crippen molar-refractivity contribution in [3.63, 3.8) is 0 Å². The van der Waals surface area contributed by atoms with Gasteiger partial charge in [-0.2, -0.15) is 0 Å². The van der Waals surface area contributed by atoms with Crippen molar-refractivity contribution in [2.45, 2.75) is 20.3 Å². The van der Waals surface area contributed by atoms with Crippen molar-refractivity contribution in [3.8, 4) is 11.3 Å². The summed E-state index contributed by atoms with van der Waals surface area (Å²) in [5, 5.41) is 0. The Labute approximate surface area is 138 Å². The molecule has 0 aliphatic rings. The minimum atomic E-state index is -0.306. The van der Waals surface area contributed by atoms with Gasteiger partial charge in [-0.05, 0) is 0 Å². The Morgan fingerprint density at radius 2 is 2.33 bits per heavy atom. The molecule has 0 aliphatic heterocycles. The number of allylic oxidation sites excluding steroid dienone is 1. The molecule has 0 radical (unpaired) electrons. The number of esters is 1. The first kappa shape index (κ1) is 16.1. The average Bonchev–Trinajstić information content (AvgIpc) is 3.12. The molecule has 2 aromatic heterocycles. The molecule has 2 rings (SSSR count). The van der Waals surface area contributed by atoms with Crippen LogP contribution in [0.5, 0.6) is 0 Å². The molecule has 0 saturated carbocycles. The number of thiophene rings is 1. The van der Waals surface area contributed by atoms with Gasteiger partial charge in [0.1, 0.15) is 0 Å². The van der Waals surface area contributed by atoms with Crippen LogP contribution in [0.3, 0.4) is 0 Å². The number of carbonyl (C=O) groups is 1. The van der Waals surface area contributed by atoms with Gasteiger partial charge < -0.3 is 0 Å². The molecule has 0 bridgehead atoms. The maximum absolute atomic E-state index is 11.7. The van der Waals surface area contributed by atoms with Gasteiger partial charge in [-0.3, -0.25) is 0 Å². The second-order valence-electron chi connectivity index (χ2n) is 4.41. The third kappa shape index (κ3) is 3.66. The summed E-state index contributed by atoms with van der Waals surface area (Å²) in [6, 6.07) is 1.84. The van der Waals surface area contributed by atoms with E-state index in [0.29, 0.717) is 10.7 Å². The van der Waals surface area contributed by atoms with Crippen LogP contribution in [0.4, 0.5) is 0 Å². The van der Waals surface area contributed by atoms with Crippen molar-refractivity contribution in [1.29, 1.82) is 0 Å². The van der Waals surface area contributed by atoms with E-state index in [1.54, 1.807) is 6.20 Å². The number of methoxy groups -OCH3 is 1. The molecule has 0 fully saturated rings. The van der Waals surface area contributed by atoms with Crippen molar-refractivity contribution < 1.29 is 28.9 Å². The van der Waals surface area contributed by atoms with Crippen LogP contribution in [0, 0.1) is 0 Å². The van der Waals surface area contributed by atoms with Crippen molar-refractivity contribution in [1.82, 2.24) is 9.97 Å². The summed E-state index contributed by atoms with van der Waals surface area (Å²) in [4.78, 5) is 22.2. The number of carbonyl (C=O) groups excluding carboxylic acids is 1. The van der Waals surface area contributed by atoms with E-state index in [0.717, 1.165) is 28.1 Å². The molecular formula is C15H15N2O2SW-. The van der Waals surface area contributed by atoms with Gasteiger partial charge in [0, 0.05) is 0 Å². The summed E-state index contributed by atoms with van der Waals surface area (Å²) in [5.74, 6) is 0.396. The summed E-state index contributed by atoms with van der Waals surface area (Å²) in [6.07, 6.45) is 4.56. The number of ether oxygens (including phenoxy) is 1. The fraction of sp³-hybridized carbons (Fsp3) is 0.267. The predicted molar refractivity (Wildman–Crippen MR) is 81.3 cm³/mol. The van der Waals surface area contributed by atoms with E-state index in [9.17, 15) is 4.79 Å². The van der Waals surface area contributed by atoms with Crippen molar-refractivity contribution in [3.05, 3.63) is 33.4 Å². The zero-order valence-corrected chi connectivity index (χ0v) is 15.8. The van der Waals surface area contributed by atoms with Crippen LogP contribution >= 0.6 is 11.3 Å². The van der Waals surface area contributed by atoms with Crippen LogP contribution in [-0.2, 0) is 30.5 Å². The minimum absolute atomic E-state index is 0.306. The van der Waals surface area contributed by atoms with Gasteiger partial charge in [-0.25, -0.2) is 0 Å². The fourth-order valence-corrected chi connectivity index (χ4v) is 3.13. The Balaban J connectivity index is 2.40. The quantitative estimate of drug-likeness (QED) is 0.630. The van der Waals surface area contributed by atoms with Crippen LogP contribution in [-0.4, -0.2) is 22.5 Å². The van der Waals surface area contributed by atoms with Gasteiger partial charge in [0.25, 0.3) is 0 Å². The first-order valence-corrected chi connectivity index (χ1v) is 8.94. The van der Waals surface area contributed by atoms with E-state index in [2.05, 4.69) is 21.3 Å².